The molecule has 0 aliphatic heterocycles. The first-order valence-corrected chi connectivity index (χ1v) is 14.9. The topological polar surface area (TPSA) is 41.9 Å². The number of hydrogen-bond donors (Lipinski definition) is 0. The quantitative estimate of drug-likeness (QED) is 0.214. The van der Waals surface area contributed by atoms with E-state index in [4.69, 9.17) is 4.42 Å². The highest BCUT2D eigenvalue weighted by atomic mass is 16.3. The molecule has 9 rings (SSSR count). The monoisotopic (exact) mass is 552 g/mol. The summed E-state index contributed by atoms with van der Waals surface area (Å²) in [5, 5.41) is 13.6. The van der Waals surface area contributed by atoms with Gasteiger partial charge in [0, 0.05) is 33.1 Å². The normalized spacial score (nSPS) is 16.3. The van der Waals surface area contributed by atoms with Gasteiger partial charge in [-0.15, -0.1) is 0 Å². The lowest BCUT2D eigenvalue weighted by molar-refractivity contribution is 0.587. The zero-order chi connectivity index (χ0) is 28.9. The number of furan rings is 1. The van der Waals surface area contributed by atoms with E-state index in [1.54, 1.807) is 0 Å². The summed E-state index contributed by atoms with van der Waals surface area (Å²) in [7, 11) is 0. The molecule has 3 heteroatoms. The van der Waals surface area contributed by atoms with Crippen LogP contribution in [0.4, 0.5) is 0 Å². The number of fused-ring (bicyclic) bond motifs is 9. The molecule has 0 N–H and O–H groups in total. The Labute approximate surface area is 249 Å². The summed E-state index contributed by atoms with van der Waals surface area (Å²) in [6.07, 6.45) is 5.23. The molecule has 2 aliphatic rings. The van der Waals surface area contributed by atoms with Crippen molar-refractivity contribution in [3.63, 3.8) is 0 Å². The molecule has 0 unspecified atom stereocenters. The maximum atomic E-state index is 9.98. The summed E-state index contributed by atoms with van der Waals surface area (Å²) in [4.78, 5) is 0. The Morgan fingerprint density at radius 2 is 1.49 bits per heavy atom. The van der Waals surface area contributed by atoms with Crippen LogP contribution in [-0.2, 0) is 5.41 Å². The van der Waals surface area contributed by atoms with Crippen LogP contribution in [0.3, 0.4) is 0 Å². The van der Waals surface area contributed by atoms with Gasteiger partial charge in [0.05, 0.1) is 28.4 Å². The van der Waals surface area contributed by atoms with E-state index in [0.717, 1.165) is 34.5 Å². The molecule has 0 bridgehead atoms. The predicted octanol–water partition coefficient (Wildman–Crippen LogP) is 10.3. The minimum Gasteiger partial charge on any atom is -0.456 e. The summed E-state index contributed by atoms with van der Waals surface area (Å²) < 4.78 is 8.97. The van der Waals surface area contributed by atoms with Gasteiger partial charge in [-0.2, -0.15) is 5.26 Å². The molecule has 3 nitrogen and oxygen atoms in total. The lowest BCUT2D eigenvalue weighted by Gasteiger charge is -2.24. The Bertz CT molecular complexity index is 2320. The number of rotatable bonds is 2. The van der Waals surface area contributed by atoms with Crippen LogP contribution in [0.15, 0.2) is 114 Å². The number of nitrogens with zero attached hydrogens (tertiary/aromatic N) is 2. The number of aromatic nitrogens is 1. The zero-order valence-electron chi connectivity index (χ0n) is 24.1. The van der Waals surface area contributed by atoms with Gasteiger partial charge in [0.2, 0.25) is 0 Å². The van der Waals surface area contributed by atoms with Gasteiger partial charge in [-0.3, -0.25) is 0 Å². The van der Waals surface area contributed by atoms with Gasteiger partial charge >= 0.3 is 0 Å². The fraction of sp³-hybridized carbons (Fsp3) is 0.125. The first-order valence-electron chi connectivity index (χ1n) is 14.9. The van der Waals surface area contributed by atoms with Crippen LogP contribution in [0, 0.1) is 11.3 Å². The van der Waals surface area contributed by atoms with Crippen LogP contribution in [0.5, 0.6) is 0 Å². The summed E-state index contributed by atoms with van der Waals surface area (Å²) >= 11 is 0. The van der Waals surface area contributed by atoms with Gasteiger partial charge in [-0.1, -0.05) is 86.7 Å². The largest absolute Gasteiger partial charge is 0.456 e. The second-order valence-corrected chi connectivity index (χ2v) is 12.4. The van der Waals surface area contributed by atoms with Crippen LogP contribution in [0.25, 0.3) is 55.7 Å². The van der Waals surface area contributed by atoms with E-state index < -0.39 is 0 Å². The molecule has 5 aromatic carbocycles. The SMILES string of the molecule is CC1(C)c2ccccc2-c2cc3c4c(oc3cc21)C=CC[C@H]4c1ccc(C#N)cc1-n1c2ccccc2c2ccccc21. The van der Waals surface area contributed by atoms with Crippen LogP contribution < -0.4 is 0 Å². The van der Waals surface area contributed by atoms with E-state index in [9.17, 15) is 5.26 Å². The highest BCUT2D eigenvalue weighted by molar-refractivity contribution is 6.09. The zero-order valence-corrected chi connectivity index (χ0v) is 24.1. The average molecular weight is 553 g/mol. The lowest BCUT2D eigenvalue weighted by Crippen LogP contribution is -2.14. The van der Waals surface area contributed by atoms with Crippen molar-refractivity contribution in [2.45, 2.75) is 31.6 Å². The number of allylic oxidation sites excluding steroid dienone is 1. The molecule has 2 aromatic heterocycles. The van der Waals surface area contributed by atoms with Gasteiger partial charge in [0.15, 0.2) is 0 Å². The van der Waals surface area contributed by atoms with Gasteiger partial charge in [0.25, 0.3) is 0 Å². The van der Waals surface area contributed by atoms with Crippen molar-refractivity contribution in [2.24, 2.45) is 0 Å². The van der Waals surface area contributed by atoms with Crippen molar-refractivity contribution < 1.29 is 4.42 Å². The molecule has 204 valence electrons. The summed E-state index contributed by atoms with van der Waals surface area (Å²) in [6, 6.07) is 39.1. The second kappa shape index (κ2) is 8.60. The molecular formula is C40H28N2O. The maximum absolute atomic E-state index is 9.98. The van der Waals surface area contributed by atoms with E-state index in [-0.39, 0.29) is 11.3 Å². The van der Waals surface area contributed by atoms with Crippen molar-refractivity contribution in [3.05, 3.63) is 143 Å². The van der Waals surface area contributed by atoms with Gasteiger partial charge < -0.3 is 8.98 Å². The second-order valence-electron chi connectivity index (χ2n) is 12.4. The van der Waals surface area contributed by atoms with Crippen molar-refractivity contribution in [1.29, 1.82) is 5.26 Å². The molecule has 0 amide bonds. The highest BCUT2D eigenvalue weighted by Crippen LogP contribution is 2.52. The number of nitriles is 1. The summed E-state index contributed by atoms with van der Waals surface area (Å²) in [6.45, 7) is 4.62. The minimum absolute atomic E-state index is 0.0756. The molecule has 43 heavy (non-hydrogen) atoms. The summed E-state index contributed by atoms with van der Waals surface area (Å²) in [5.74, 6) is 1.00. The third-order valence-corrected chi connectivity index (χ3v) is 9.80. The molecule has 0 saturated carbocycles. The molecule has 2 aliphatic carbocycles. The minimum atomic E-state index is -0.0838. The first-order chi connectivity index (χ1) is 21.0. The molecule has 0 spiro atoms. The van der Waals surface area contributed by atoms with Crippen LogP contribution in [0.2, 0.25) is 0 Å². The van der Waals surface area contributed by atoms with Gasteiger partial charge in [0.1, 0.15) is 11.3 Å². The number of hydrogen-bond acceptors (Lipinski definition) is 2. The highest BCUT2D eigenvalue weighted by Gasteiger charge is 2.37. The van der Waals surface area contributed by atoms with Crippen molar-refractivity contribution in [3.8, 4) is 22.9 Å². The Kier molecular flexibility index (Phi) is 4.86. The van der Waals surface area contributed by atoms with E-state index in [1.807, 2.05) is 6.07 Å². The van der Waals surface area contributed by atoms with Crippen LogP contribution in [0.1, 0.15) is 59.8 Å². The standard InChI is InChI=1S/C40H28N2O/c1-40(2)32-14-6-3-10-25(32)30-21-31-38(22-33(30)40)43-37-17-9-13-29(39(31)37)28-19-18-24(23-41)20-36(28)42-34-15-7-4-11-26(34)27-12-5-8-16-35(27)42/h3-12,14-22,29H,13H2,1-2H3/t29-/m0/s1. The molecular weight excluding hydrogens is 524 g/mol. The smallest absolute Gasteiger partial charge is 0.135 e. The Morgan fingerprint density at radius 3 is 2.26 bits per heavy atom. The predicted molar refractivity (Wildman–Crippen MR) is 175 cm³/mol. The Hall–Kier alpha value is -5.33. The molecule has 0 radical (unpaired) electrons. The molecule has 7 aromatic rings. The Morgan fingerprint density at radius 1 is 0.767 bits per heavy atom. The Balaban J connectivity index is 1.32. The number of para-hydroxylation sites is 2. The van der Waals surface area contributed by atoms with Crippen molar-refractivity contribution in [1.82, 2.24) is 4.57 Å². The van der Waals surface area contributed by atoms with Crippen LogP contribution in [-0.4, -0.2) is 4.57 Å². The van der Waals surface area contributed by atoms with Crippen LogP contribution >= 0.6 is 0 Å². The fourth-order valence-corrected chi connectivity index (χ4v) is 7.81. The third kappa shape index (κ3) is 3.24. The van der Waals surface area contributed by atoms with Crippen molar-refractivity contribution in [2.75, 3.05) is 0 Å². The third-order valence-electron chi connectivity index (χ3n) is 9.80. The van der Waals surface area contributed by atoms with E-state index in [2.05, 4.69) is 134 Å². The van der Waals surface area contributed by atoms with E-state index in [0.29, 0.717) is 5.56 Å². The molecule has 1 atom stereocenters. The molecule has 0 fully saturated rings. The summed E-state index contributed by atoms with van der Waals surface area (Å²) in [5.41, 5.74) is 12.5. The lowest BCUT2D eigenvalue weighted by atomic mass is 9.80. The maximum Gasteiger partial charge on any atom is 0.135 e. The van der Waals surface area contributed by atoms with Crippen molar-refractivity contribution >= 4 is 38.9 Å². The number of benzene rings is 5. The van der Waals surface area contributed by atoms with E-state index >= 15 is 0 Å². The molecule has 2 heterocycles. The average Bonchev–Trinajstić information content (AvgIpc) is 3.66. The van der Waals surface area contributed by atoms with Gasteiger partial charge in [-0.25, -0.2) is 0 Å². The first kappa shape index (κ1) is 24.3. The van der Waals surface area contributed by atoms with E-state index in [1.165, 1.54) is 49.5 Å². The fourth-order valence-electron chi connectivity index (χ4n) is 7.81. The van der Waals surface area contributed by atoms with Gasteiger partial charge in [-0.05, 0) is 76.7 Å². The molecule has 0 saturated heterocycles.